The first kappa shape index (κ1) is 16.0. The van der Waals surface area contributed by atoms with Gasteiger partial charge in [0.05, 0.1) is 30.5 Å². The number of benzene rings is 1. The van der Waals surface area contributed by atoms with Crippen molar-refractivity contribution in [2.75, 3.05) is 19.5 Å². The van der Waals surface area contributed by atoms with Gasteiger partial charge in [-0.3, -0.25) is 0 Å². The predicted octanol–water partition coefficient (Wildman–Crippen LogP) is 2.75. The fourth-order valence-corrected chi connectivity index (χ4v) is 1.91. The van der Waals surface area contributed by atoms with Crippen LogP contribution in [0, 0.1) is 0 Å². The minimum atomic E-state index is -0.601. The lowest BCUT2D eigenvalue weighted by molar-refractivity contribution is 0.0487. The van der Waals surface area contributed by atoms with Crippen LogP contribution in [-0.4, -0.2) is 25.7 Å². The molecular weight excluding hydrogens is 258 g/mol. The summed E-state index contributed by atoms with van der Waals surface area (Å²) in [5.41, 5.74) is 7.36. The van der Waals surface area contributed by atoms with Gasteiger partial charge in [0.2, 0.25) is 0 Å². The highest BCUT2D eigenvalue weighted by Crippen LogP contribution is 2.29. The molecule has 0 aliphatic heterocycles. The molecule has 1 aromatic carbocycles. The molecule has 0 saturated heterocycles. The largest absolute Gasteiger partial charge is 0.465 e. The van der Waals surface area contributed by atoms with Crippen LogP contribution in [0.25, 0.3) is 0 Å². The third-order valence-corrected chi connectivity index (χ3v) is 2.95. The number of hydrogen-bond donors (Lipinski definition) is 1. The smallest absolute Gasteiger partial charge is 0.341 e. The van der Waals surface area contributed by atoms with Gasteiger partial charge in [-0.25, -0.2) is 9.59 Å². The van der Waals surface area contributed by atoms with Gasteiger partial charge in [-0.2, -0.15) is 0 Å². The van der Waals surface area contributed by atoms with Gasteiger partial charge in [0, 0.05) is 0 Å². The minimum absolute atomic E-state index is 0.0940. The van der Waals surface area contributed by atoms with Crippen molar-refractivity contribution in [2.45, 2.75) is 33.1 Å². The average molecular weight is 279 g/mol. The van der Waals surface area contributed by atoms with Crippen molar-refractivity contribution in [2.24, 2.45) is 0 Å². The van der Waals surface area contributed by atoms with E-state index in [1.807, 2.05) is 20.8 Å². The highest BCUT2D eigenvalue weighted by Gasteiger charge is 2.24. The van der Waals surface area contributed by atoms with Crippen LogP contribution in [0.3, 0.4) is 0 Å². The van der Waals surface area contributed by atoms with Crippen LogP contribution in [0.5, 0.6) is 0 Å². The van der Waals surface area contributed by atoms with Crippen LogP contribution in [0.2, 0.25) is 0 Å². The fraction of sp³-hybridized carbons (Fsp3) is 0.467. The standard InChI is InChI=1S/C15H21NO4/c1-5-8-20-15(18)12-11(14(17)19-4)7-6-10(9(2)3)13(12)16/h6-7,9H,5,8,16H2,1-4H3. The summed E-state index contributed by atoms with van der Waals surface area (Å²) in [6.07, 6.45) is 0.697. The molecular formula is C15H21NO4. The van der Waals surface area contributed by atoms with Gasteiger partial charge in [0.25, 0.3) is 0 Å². The number of nitrogens with two attached hydrogens (primary N) is 1. The molecule has 0 saturated carbocycles. The fourth-order valence-electron chi connectivity index (χ4n) is 1.91. The van der Waals surface area contributed by atoms with Crippen molar-refractivity contribution in [3.63, 3.8) is 0 Å². The van der Waals surface area contributed by atoms with Gasteiger partial charge in [-0.1, -0.05) is 26.8 Å². The summed E-state index contributed by atoms with van der Waals surface area (Å²) in [6.45, 7) is 6.10. The molecule has 2 N–H and O–H groups in total. The first-order valence-electron chi connectivity index (χ1n) is 6.61. The molecule has 0 aromatic heterocycles. The van der Waals surface area contributed by atoms with E-state index in [-0.39, 0.29) is 29.3 Å². The van der Waals surface area contributed by atoms with Crippen LogP contribution in [-0.2, 0) is 9.47 Å². The number of ether oxygens (including phenoxy) is 2. The quantitative estimate of drug-likeness (QED) is 0.662. The maximum Gasteiger partial charge on any atom is 0.341 e. The van der Waals surface area contributed by atoms with Gasteiger partial charge in [0.1, 0.15) is 0 Å². The molecule has 0 spiro atoms. The second kappa shape index (κ2) is 6.93. The van der Waals surface area contributed by atoms with Crippen LogP contribution in [0.15, 0.2) is 12.1 Å². The van der Waals surface area contributed by atoms with Crippen molar-refractivity contribution in [1.29, 1.82) is 0 Å². The highest BCUT2D eigenvalue weighted by molar-refractivity contribution is 6.07. The Hall–Kier alpha value is -2.04. The maximum absolute atomic E-state index is 12.1. The molecule has 1 aromatic rings. The van der Waals surface area contributed by atoms with Crippen molar-refractivity contribution in [3.8, 4) is 0 Å². The summed E-state index contributed by atoms with van der Waals surface area (Å²) in [5.74, 6) is -1.05. The minimum Gasteiger partial charge on any atom is -0.465 e. The topological polar surface area (TPSA) is 78.6 Å². The second-order valence-electron chi connectivity index (χ2n) is 4.77. The zero-order chi connectivity index (χ0) is 15.3. The van der Waals surface area contributed by atoms with Crippen molar-refractivity contribution in [3.05, 3.63) is 28.8 Å². The normalized spacial score (nSPS) is 10.4. The Balaban J connectivity index is 3.36. The van der Waals surface area contributed by atoms with E-state index >= 15 is 0 Å². The molecule has 5 heteroatoms. The molecule has 0 atom stereocenters. The van der Waals surface area contributed by atoms with E-state index in [0.29, 0.717) is 6.42 Å². The van der Waals surface area contributed by atoms with Crippen molar-refractivity contribution < 1.29 is 19.1 Å². The van der Waals surface area contributed by atoms with E-state index < -0.39 is 11.9 Å². The van der Waals surface area contributed by atoms with Gasteiger partial charge in [0.15, 0.2) is 0 Å². The van der Waals surface area contributed by atoms with E-state index in [1.54, 1.807) is 12.1 Å². The van der Waals surface area contributed by atoms with Crippen molar-refractivity contribution >= 4 is 17.6 Å². The third kappa shape index (κ3) is 3.29. The zero-order valence-electron chi connectivity index (χ0n) is 12.4. The van der Waals surface area contributed by atoms with Crippen LogP contribution in [0.4, 0.5) is 5.69 Å². The number of esters is 2. The lowest BCUT2D eigenvalue weighted by atomic mass is 9.94. The number of hydrogen-bond acceptors (Lipinski definition) is 5. The molecule has 0 amide bonds. The van der Waals surface area contributed by atoms with Crippen LogP contribution >= 0.6 is 0 Å². The molecule has 0 aliphatic carbocycles. The Morgan fingerprint density at radius 1 is 1.25 bits per heavy atom. The molecule has 1 rings (SSSR count). The number of carbonyl (C=O) groups is 2. The van der Waals surface area contributed by atoms with Gasteiger partial charge < -0.3 is 15.2 Å². The summed E-state index contributed by atoms with van der Waals surface area (Å²) < 4.78 is 9.79. The number of carbonyl (C=O) groups excluding carboxylic acids is 2. The Labute approximate surface area is 119 Å². The number of methoxy groups -OCH3 is 1. The Kier molecular flexibility index (Phi) is 5.55. The predicted molar refractivity (Wildman–Crippen MR) is 76.9 cm³/mol. The van der Waals surface area contributed by atoms with E-state index in [4.69, 9.17) is 10.5 Å². The second-order valence-corrected chi connectivity index (χ2v) is 4.77. The summed E-state index contributed by atoms with van der Waals surface area (Å²) in [7, 11) is 1.26. The zero-order valence-corrected chi connectivity index (χ0v) is 12.4. The molecule has 5 nitrogen and oxygen atoms in total. The van der Waals surface area contributed by atoms with Gasteiger partial charge >= 0.3 is 11.9 Å². The molecule has 110 valence electrons. The molecule has 0 fully saturated rings. The molecule has 20 heavy (non-hydrogen) atoms. The summed E-state index contributed by atoms with van der Waals surface area (Å²) in [4.78, 5) is 23.9. The average Bonchev–Trinajstić information content (AvgIpc) is 2.42. The van der Waals surface area contributed by atoms with Crippen LogP contribution < -0.4 is 5.73 Å². The number of anilines is 1. The molecule has 0 radical (unpaired) electrons. The van der Waals surface area contributed by atoms with Crippen molar-refractivity contribution in [1.82, 2.24) is 0 Å². The van der Waals surface area contributed by atoms with Crippen LogP contribution in [0.1, 0.15) is 59.4 Å². The summed E-state index contributed by atoms with van der Waals surface area (Å²) in [6, 6.07) is 3.29. The Bertz CT molecular complexity index is 509. The van der Waals surface area contributed by atoms with Gasteiger partial charge in [-0.05, 0) is 24.0 Å². The van der Waals surface area contributed by atoms with E-state index in [9.17, 15) is 9.59 Å². The lowest BCUT2D eigenvalue weighted by Crippen LogP contribution is -2.17. The summed E-state index contributed by atoms with van der Waals surface area (Å²) in [5, 5.41) is 0. The molecule has 0 heterocycles. The number of nitrogen functional groups attached to an aromatic ring is 1. The lowest BCUT2D eigenvalue weighted by Gasteiger charge is -2.16. The highest BCUT2D eigenvalue weighted by atomic mass is 16.5. The maximum atomic E-state index is 12.1. The Morgan fingerprint density at radius 2 is 1.90 bits per heavy atom. The van der Waals surface area contributed by atoms with E-state index in [1.165, 1.54) is 7.11 Å². The van der Waals surface area contributed by atoms with Gasteiger partial charge in [-0.15, -0.1) is 0 Å². The summed E-state index contributed by atoms with van der Waals surface area (Å²) >= 11 is 0. The monoisotopic (exact) mass is 279 g/mol. The SMILES string of the molecule is CCCOC(=O)c1c(C(=O)OC)ccc(C(C)C)c1N. The number of rotatable bonds is 5. The molecule has 0 unspecified atom stereocenters. The third-order valence-electron chi connectivity index (χ3n) is 2.95. The first-order chi connectivity index (χ1) is 9.43. The Morgan fingerprint density at radius 3 is 2.40 bits per heavy atom. The molecule has 0 bridgehead atoms. The first-order valence-corrected chi connectivity index (χ1v) is 6.61. The molecule has 0 aliphatic rings. The van der Waals surface area contributed by atoms with E-state index in [2.05, 4.69) is 4.74 Å². The van der Waals surface area contributed by atoms with E-state index in [0.717, 1.165) is 5.56 Å².